The van der Waals surface area contributed by atoms with E-state index in [1.54, 1.807) is 48.5 Å². The number of amides is 1. The molecule has 0 bridgehead atoms. The fourth-order valence-electron chi connectivity index (χ4n) is 4.62. The van der Waals surface area contributed by atoms with E-state index in [0.29, 0.717) is 18.5 Å². The van der Waals surface area contributed by atoms with E-state index >= 15 is 0 Å². The molecule has 3 aromatic rings. The van der Waals surface area contributed by atoms with Gasteiger partial charge in [0.05, 0.1) is 17.4 Å². The number of para-hydroxylation sites is 1. The van der Waals surface area contributed by atoms with Crippen LogP contribution >= 0.6 is 0 Å². The van der Waals surface area contributed by atoms with Crippen LogP contribution < -0.4 is 5.32 Å². The van der Waals surface area contributed by atoms with E-state index in [1.807, 2.05) is 30.3 Å². The largest absolute Gasteiger partial charge is 0.480 e. The first-order chi connectivity index (χ1) is 18.6. The Morgan fingerprint density at radius 2 is 1.59 bits per heavy atom. The molecule has 204 valence electrons. The molecular weight excluding hydrogens is 511 g/mol. The number of aliphatic hydroxyl groups is 1. The molecule has 1 saturated heterocycles. The van der Waals surface area contributed by atoms with E-state index in [0.717, 1.165) is 18.5 Å². The van der Waals surface area contributed by atoms with Gasteiger partial charge in [0.1, 0.15) is 0 Å². The van der Waals surface area contributed by atoms with Crippen LogP contribution in [0.15, 0.2) is 89.9 Å². The van der Waals surface area contributed by atoms with Gasteiger partial charge in [-0.1, -0.05) is 78.9 Å². The second-order valence-corrected chi connectivity index (χ2v) is 9.26. The quantitative estimate of drug-likeness (QED) is 0.348. The molecule has 3 atom stereocenters. The van der Waals surface area contributed by atoms with Gasteiger partial charge in [-0.25, -0.2) is 4.79 Å². The minimum atomic E-state index is -5.20. The lowest BCUT2D eigenvalue weighted by atomic mass is 9.99. The summed E-state index contributed by atoms with van der Waals surface area (Å²) in [6.45, 7) is 1.33. The number of benzene rings is 3. The Bertz CT molecular complexity index is 1320. The smallest absolute Gasteiger partial charge is 0.417 e. The molecule has 1 aliphatic rings. The summed E-state index contributed by atoms with van der Waals surface area (Å²) in [4.78, 5) is 31.2. The highest BCUT2D eigenvalue weighted by Crippen LogP contribution is 2.28. The maximum Gasteiger partial charge on any atom is 0.417 e. The lowest BCUT2D eigenvalue weighted by Gasteiger charge is -2.25. The van der Waals surface area contributed by atoms with Crippen molar-refractivity contribution in [2.24, 2.45) is 4.99 Å². The fourth-order valence-corrected chi connectivity index (χ4v) is 4.62. The van der Waals surface area contributed by atoms with E-state index in [1.165, 1.54) is 6.07 Å². The molecule has 3 N–H and O–H groups in total. The molecule has 1 heterocycles. The molecule has 4 rings (SSSR count). The number of alkyl halides is 3. The van der Waals surface area contributed by atoms with Gasteiger partial charge in [-0.05, 0) is 31.0 Å². The van der Waals surface area contributed by atoms with Crippen LogP contribution in [0.2, 0.25) is 0 Å². The molecule has 0 radical (unpaired) electrons. The van der Waals surface area contributed by atoms with Crippen molar-refractivity contribution < 1.29 is 33.0 Å². The third kappa shape index (κ3) is 6.90. The standard InChI is InChI=1S/C29H28F3N3O4/c30-29(31,32)26(36)25(28(38)39)34-24(20-12-5-2-6-13-20)21-14-7-8-15-22(21)33-27(37)23-16-9-17-35(23)18-19-10-3-1-4-11-19/h1-8,10-15,23,25-26,36H,9,16-18H2,(H,33,37)(H,38,39)/t23-,25-,26-/m0/s1. The summed E-state index contributed by atoms with van der Waals surface area (Å²) in [6.07, 6.45) is -6.95. The third-order valence-electron chi connectivity index (χ3n) is 6.54. The van der Waals surface area contributed by atoms with Crippen molar-refractivity contribution >= 4 is 23.3 Å². The number of nitrogens with one attached hydrogen (secondary N) is 1. The molecule has 0 spiro atoms. The van der Waals surface area contributed by atoms with Crippen molar-refractivity contribution in [2.75, 3.05) is 11.9 Å². The highest BCUT2D eigenvalue weighted by molar-refractivity contribution is 6.17. The number of hydrogen-bond donors (Lipinski definition) is 3. The summed E-state index contributed by atoms with van der Waals surface area (Å²) in [6, 6.07) is 21.3. The van der Waals surface area contributed by atoms with E-state index in [2.05, 4.69) is 15.2 Å². The highest BCUT2D eigenvalue weighted by Gasteiger charge is 2.47. The predicted octanol–water partition coefficient (Wildman–Crippen LogP) is 4.50. The van der Waals surface area contributed by atoms with Gasteiger partial charge in [0.15, 0.2) is 12.1 Å². The van der Waals surface area contributed by atoms with Crippen LogP contribution in [0.1, 0.15) is 29.5 Å². The Hall–Kier alpha value is -4.02. The van der Waals surface area contributed by atoms with E-state index in [4.69, 9.17) is 0 Å². The number of aliphatic imine (C=N–C) groups is 1. The first-order valence-electron chi connectivity index (χ1n) is 12.4. The Morgan fingerprint density at radius 1 is 0.974 bits per heavy atom. The number of anilines is 1. The topological polar surface area (TPSA) is 102 Å². The average molecular weight is 540 g/mol. The number of nitrogens with zero attached hydrogens (tertiary/aromatic N) is 2. The van der Waals surface area contributed by atoms with Crippen LogP contribution in [-0.2, 0) is 16.1 Å². The zero-order chi connectivity index (χ0) is 28.0. The normalized spacial score (nSPS) is 17.9. The van der Waals surface area contributed by atoms with Crippen molar-refractivity contribution in [3.63, 3.8) is 0 Å². The molecule has 10 heteroatoms. The maximum atomic E-state index is 13.4. The maximum absolute atomic E-state index is 13.4. The summed E-state index contributed by atoms with van der Waals surface area (Å²) in [7, 11) is 0. The van der Waals surface area contributed by atoms with E-state index < -0.39 is 30.3 Å². The van der Waals surface area contributed by atoms with Gasteiger partial charge in [-0.15, -0.1) is 0 Å². The summed E-state index contributed by atoms with van der Waals surface area (Å²) in [5.41, 5.74) is 1.78. The van der Waals surface area contributed by atoms with Crippen LogP contribution in [0, 0.1) is 0 Å². The van der Waals surface area contributed by atoms with Crippen LogP contribution in [0.4, 0.5) is 18.9 Å². The SMILES string of the molecule is O=C(O)[C@@H](N=C(c1ccccc1)c1ccccc1NC(=O)[C@@H]1CCCN1Cc1ccccc1)[C@H](O)C(F)(F)F. The molecule has 0 aliphatic carbocycles. The second kappa shape index (κ2) is 12.2. The van der Waals surface area contributed by atoms with Gasteiger partial charge < -0.3 is 15.5 Å². The molecule has 0 aromatic heterocycles. The van der Waals surface area contributed by atoms with Crippen LogP contribution in [0.3, 0.4) is 0 Å². The first kappa shape index (κ1) is 28.0. The second-order valence-electron chi connectivity index (χ2n) is 9.26. The van der Waals surface area contributed by atoms with Crippen molar-refractivity contribution in [2.45, 2.75) is 43.8 Å². The number of halogens is 3. The Labute approximate surface area is 223 Å². The molecule has 1 aliphatic heterocycles. The van der Waals surface area contributed by atoms with E-state index in [9.17, 15) is 33.0 Å². The van der Waals surface area contributed by atoms with Crippen molar-refractivity contribution in [3.8, 4) is 0 Å². The van der Waals surface area contributed by atoms with Gasteiger partial charge in [0.2, 0.25) is 5.91 Å². The van der Waals surface area contributed by atoms with Gasteiger partial charge in [0.25, 0.3) is 0 Å². The minimum absolute atomic E-state index is 0.102. The van der Waals surface area contributed by atoms with Crippen LogP contribution in [0.25, 0.3) is 0 Å². The molecule has 0 unspecified atom stereocenters. The van der Waals surface area contributed by atoms with E-state index in [-0.39, 0.29) is 22.9 Å². The number of aliphatic hydroxyl groups excluding tert-OH is 1. The zero-order valence-electron chi connectivity index (χ0n) is 20.9. The number of rotatable bonds is 9. The number of hydrogen-bond acceptors (Lipinski definition) is 5. The summed E-state index contributed by atoms with van der Waals surface area (Å²) >= 11 is 0. The fraction of sp³-hybridized carbons (Fsp3) is 0.276. The molecule has 3 aromatic carbocycles. The van der Waals surface area contributed by atoms with Crippen LogP contribution in [-0.4, -0.2) is 63.6 Å². The number of carbonyl (C=O) groups excluding carboxylic acids is 1. The average Bonchev–Trinajstić information content (AvgIpc) is 3.38. The molecule has 1 amide bonds. The molecule has 39 heavy (non-hydrogen) atoms. The molecule has 0 saturated carbocycles. The van der Waals surface area contributed by atoms with Crippen LogP contribution in [0.5, 0.6) is 0 Å². The number of carbonyl (C=O) groups is 2. The summed E-state index contributed by atoms with van der Waals surface area (Å²) < 4.78 is 39.9. The lowest BCUT2D eigenvalue weighted by Crippen LogP contribution is -2.43. The van der Waals surface area contributed by atoms with Gasteiger partial charge in [-0.3, -0.25) is 14.7 Å². The lowest BCUT2D eigenvalue weighted by molar-refractivity contribution is -0.212. The predicted molar refractivity (Wildman–Crippen MR) is 141 cm³/mol. The first-order valence-corrected chi connectivity index (χ1v) is 12.4. The molecular formula is C29H28F3N3O4. The van der Waals surface area contributed by atoms with Crippen molar-refractivity contribution in [1.29, 1.82) is 0 Å². The number of aliphatic carboxylic acids is 1. The van der Waals surface area contributed by atoms with Gasteiger partial charge in [0, 0.05) is 17.7 Å². The van der Waals surface area contributed by atoms with Crippen molar-refractivity contribution in [3.05, 3.63) is 102 Å². The highest BCUT2D eigenvalue weighted by atomic mass is 19.4. The number of likely N-dealkylation sites (tertiary alicyclic amines) is 1. The zero-order valence-corrected chi connectivity index (χ0v) is 20.9. The summed E-state index contributed by atoms with van der Waals surface area (Å²) in [5, 5.41) is 22.2. The minimum Gasteiger partial charge on any atom is -0.480 e. The van der Waals surface area contributed by atoms with Crippen molar-refractivity contribution in [1.82, 2.24) is 4.90 Å². The Kier molecular flexibility index (Phi) is 8.78. The Balaban J connectivity index is 1.68. The van der Waals surface area contributed by atoms with Gasteiger partial charge in [-0.2, -0.15) is 13.2 Å². The molecule has 1 fully saturated rings. The summed E-state index contributed by atoms with van der Waals surface area (Å²) in [5.74, 6) is -2.22. The Morgan fingerprint density at radius 3 is 2.23 bits per heavy atom. The molecule has 7 nitrogen and oxygen atoms in total. The van der Waals surface area contributed by atoms with Gasteiger partial charge >= 0.3 is 12.1 Å². The monoisotopic (exact) mass is 539 g/mol. The number of carboxylic acids is 1. The number of carboxylic acid groups (broad SMARTS) is 1. The third-order valence-corrected chi connectivity index (χ3v) is 6.54.